The van der Waals surface area contributed by atoms with Crippen LogP contribution in [0.3, 0.4) is 0 Å². The third-order valence-corrected chi connectivity index (χ3v) is 4.08. The van der Waals surface area contributed by atoms with Gasteiger partial charge in [-0.1, -0.05) is 6.08 Å². The Kier molecular flexibility index (Phi) is 4.61. The summed E-state index contributed by atoms with van der Waals surface area (Å²) in [5.74, 6) is -0.275. The highest BCUT2D eigenvalue weighted by Crippen LogP contribution is 2.21. The van der Waals surface area contributed by atoms with Gasteiger partial charge in [-0.15, -0.1) is 0 Å². The van der Waals surface area contributed by atoms with E-state index < -0.39 is 0 Å². The van der Waals surface area contributed by atoms with Crippen molar-refractivity contribution in [2.75, 3.05) is 18.4 Å². The molecule has 3 heterocycles. The number of hydrogen-bond acceptors (Lipinski definition) is 5. The minimum atomic E-state index is -0.275. The van der Waals surface area contributed by atoms with Gasteiger partial charge in [0.1, 0.15) is 17.3 Å². The summed E-state index contributed by atoms with van der Waals surface area (Å²) in [7, 11) is 0. The van der Waals surface area contributed by atoms with Crippen LogP contribution in [-0.2, 0) is 4.79 Å². The van der Waals surface area contributed by atoms with Crippen molar-refractivity contribution in [2.45, 2.75) is 13.0 Å². The molecule has 0 bridgehead atoms. The topological polar surface area (TPSA) is 102 Å². The number of hydrogen-bond donors (Lipinski definition) is 2. The zero-order valence-electron chi connectivity index (χ0n) is 13.7. The smallest absolute Gasteiger partial charge is 0.271 e. The normalized spacial score (nSPS) is 14.6. The molecule has 126 valence electrons. The number of nitrogens with one attached hydrogen (secondary N) is 2. The molecule has 1 saturated heterocycles. The van der Waals surface area contributed by atoms with Crippen LogP contribution in [0.1, 0.15) is 6.92 Å². The standard InChI is InChI=1S/C18H17N5O2/c1-2-12(8-19)18(25)23-10-15(11-23)22-16-7-14(9-21-17(16)24)13-3-5-20-6-4-13/h2-7,9,15,22H,10-11H2,1H3,(H,21,24). The van der Waals surface area contributed by atoms with Gasteiger partial charge in [0.05, 0.1) is 6.04 Å². The highest BCUT2D eigenvalue weighted by Gasteiger charge is 2.32. The summed E-state index contributed by atoms with van der Waals surface area (Å²) < 4.78 is 0. The Morgan fingerprint density at radius 3 is 2.76 bits per heavy atom. The molecule has 7 nitrogen and oxygen atoms in total. The molecular weight excluding hydrogens is 318 g/mol. The van der Waals surface area contributed by atoms with Gasteiger partial charge in [0.25, 0.3) is 11.5 Å². The fraction of sp³-hybridized carbons (Fsp3) is 0.222. The van der Waals surface area contributed by atoms with Crippen LogP contribution >= 0.6 is 0 Å². The van der Waals surface area contributed by atoms with Crippen molar-refractivity contribution >= 4 is 11.6 Å². The van der Waals surface area contributed by atoms with E-state index in [0.29, 0.717) is 18.8 Å². The van der Waals surface area contributed by atoms with Gasteiger partial charge < -0.3 is 15.2 Å². The van der Waals surface area contributed by atoms with Crippen LogP contribution in [0, 0.1) is 11.3 Å². The van der Waals surface area contributed by atoms with Gasteiger partial charge in [0, 0.05) is 37.2 Å². The number of likely N-dealkylation sites (tertiary alicyclic amines) is 1. The second-order valence-electron chi connectivity index (χ2n) is 5.73. The molecule has 0 spiro atoms. The highest BCUT2D eigenvalue weighted by molar-refractivity contribution is 5.97. The number of H-pyrrole nitrogens is 1. The summed E-state index contributed by atoms with van der Waals surface area (Å²) in [6, 6.07) is 7.38. The molecule has 1 fully saturated rings. The quantitative estimate of drug-likeness (QED) is 0.652. The summed E-state index contributed by atoms with van der Waals surface area (Å²) in [5.41, 5.74) is 2.20. The number of rotatable bonds is 4. The average molecular weight is 335 g/mol. The number of pyridine rings is 2. The molecule has 0 unspecified atom stereocenters. The van der Waals surface area contributed by atoms with Crippen LogP contribution in [0.4, 0.5) is 5.69 Å². The van der Waals surface area contributed by atoms with Gasteiger partial charge >= 0.3 is 0 Å². The lowest BCUT2D eigenvalue weighted by molar-refractivity contribution is -0.130. The van der Waals surface area contributed by atoms with Gasteiger partial charge in [-0.25, -0.2) is 0 Å². The number of carbonyl (C=O) groups excluding carboxylic acids is 1. The number of carbonyl (C=O) groups is 1. The van der Waals surface area contributed by atoms with E-state index in [9.17, 15) is 9.59 Å². The van der Waals surface area contributed by atoms with Gasteiger partial charge in [-0.3, -0.25) is 14.6 Å². The minimum Gasteiger partial charge on any atom is -0.374 e. The van der Waals surface area contributed by atoms with Crippen molar-refractivity contribution < 1.29 is 4.79 Å². The van der Waals surface area contributed by atoms with Crippen molar-refractivity contribution in [1.82, 2.24) is 14.9 Å². The zero-order valence-corrected chi connectivity index (χ0v) is 13.7. The minimum absolute atomic E-state index is 0.0189. The Labute approximate surface area is 144 Å². The molecule has 0 aromatic carbocycles. The third kappa shape index (κ3) is 3.43. The fourth-order valence-corrected chi connectivity index (χ4v) is 2.66. The number of amides is 1. The molecular formula is C18H17N5O2. The lowest BCUT2D eigenvalue weighted by Crippen LogP contribution is -2.57. The van der Waals surface area contributed by atoms with Crippen LogP contribution in [-0.4, -0.2) is 39.9 Å². The van der Waals surface area contributed by atoms with E-state index in [1.165, 1.54) is 6.08 Å². The molecule has 3 rings (SSSR count). The Morgan fingerprint density at radius 2 is 2.12 bits per heavy atom. The fourth-order valence-electron chi connectivity index (χ4n) is 2.66. The monoisotopic (exact) mass is 335 g/mol. The molecule has 2 N–H and O–H groups in total. The van der Waals surface area contributed by atoms with E-state index in [-0.39, 0.29) is 23.1 Å². The average Bonchev–Trinajstić information content (AvgIpc) is 2.60. The van der Waals surface area contributed by atoms with Crippen molar-refractivity contribution in [2.24, 2.45) is 0 Å². The summed E-state index contributed by atoms with van der Waals surface area (Å²) in [4.78, 5) is 32.3. The van der Waals surface area contributed by atoms with Crippen LogP contribution in [0.2, 0.25) is 0 Å². The largest absolute Gasteiger partial charge is 0.374 e. The summed E-state index contributed by atoms with van der Waals surface area (Å²) in [6.07, 6.45) is 6.55. The third-order valence-electron chi connectivity index (χ3n) is 4.08. The molecule has 0 saturated carbocycles. The molecule has 7 heteroatoms. The Bertz CT molecular complexity index is 905. The van der Waals surface area contributed by atoms with Gasteiger partial charge in [-0.05, 0) is 30.7 Å². The van der Waals surface area contributed by atoms with E-state index in [1.807, 2.05) is 18.2 Å². The maximum atomic E-state index is 12.0. The Balaban J connectivity index is 1.68. The van der Waals surface area contributed by atoms with Crippen molar-refractivity contribution in [3.05, 3.63) is 58.8 Å². The second kappa shape index (κ2) is 7.01. The molecule has 0 atom stereocenters. The number of allylic oxidation sites excluding steroid dienone is 1. The van der Waals surface area contributed by atoms with Gasteiger partial charge in [0.2, 0.25) is 0 Å². The number of aromatic amines is 1. The highest BCUT2D eigenvalue weighted by atomic mass is 16.2. The van der Waals surface area contributed by atoms with Crippen LogP contribution in [0.5, 0.6) is 0 Å². The Morgan fingerprint density at radius 1 is 1.40 bits per heavy atom. The summed E-state index contributed by atoms with van der Waals surface area (Å²) in [6.45, 7) is 2.57. The number of nitriles is 1. The predicted octanol–water partition coefficient (Wildman–Crippen LogP) is 1.53. The molecule has 2 aromatic heterocycles. The molecule has 2 aromatic rings. The summed E-state index contributed by atoms with van der Waals surface area (Å²) in [5, 5.41) is 12.1. The molecule has 1 aliphatic rings. The molecule has 1 aliphatic heterocycles. The van der Waals surface area contributed by atoms with Crippen LogP contribution < -0.4 is 10.9 Å². The Hall–Kier alpha value is -3.40. The first-order chi connectivity index (χ1) is 12.1. The maximum absolute atomic E-state index is 12.0. The number of anilines is 1. The number of aromatic nitrogens is 2. The maximum Gasteiger partial charge on any atom is 0.271 e. The first-order valence-electron chi connectivity index (χ1n) is 7.87. The zero-order chi connectivity index (χ0) is 17.8. The predicted molar refractivity (Wildman–Crippen MR) is 93.7 cm³/mol. The lowest BCUT2D eigenvalue weighted by atomic mass is 10.1. The van der Waals surface area contributed by atoms with E-state index in [0.717, 1.165) is 11.1 Å². The first-order valence-corrected chi connectivity index (χ1v) is 7.87. The van der Waals surface area contributed by atoms with E-state index in [2.05, 4.69) is 15.3 Å². The van der Waals surface area contributed by atoms with E-state index in [4.69, 9.17) is 5.26 Å². The molecule has 0 aliphatic carbocycles. The molecule has 25 heavy (non-hydrogen) atoms. The van der Waals surface area contributed by atoms with Crippen LogP contribution in [0.15, 0.2) is 53.2 Å². The SMILES string of the molecule is CC=C(C#N)C(=O)N1CC(Nc2cc(-c3ccncc3)c[nH]c2=O)C1. The second-order valence-corrected chi connectivity index (χ2v) is 5.73. The van der Waals surface area contributed by atoms with Gasteiger partial charge in [-0.2, -0.15) is 5.26 Å². The number of nitrogens with zero attached hydrogens (tertiary/aromatic N) is 3. The van der Waals surface area contributed by atoms with Crippen molar-refractivity contribution in [3.8, 4) is 17.2 Å². The van der Waals surface area contributed by atoms with Crippen molar-refractivity contribution in [1.29, 1.82) is 5.26 Å². The molecule has 0 radical (unpaired) electrons. The lowest BCUT2D eigenvalue weighted by Gasteiger charge is -2.39. The molecule has 1 amide bonds. The van der Waals surface area contributed by atoms with E-state index in [1.54, 1.807) is 36.5 Å². The van der Waals surface area contributed by atoms with Crippen LogP contribution in [0.25, 0.3) is 11.1 Å². The van der Waals surface area contributed by atoms with E-state index >= 15 is 0 Å². The first kappa shape index (κ1) is 16.5. The van der Waals surface area contributed by atoms with Crippen molar-refractivity contribution in [3.63, 3.8) is 0 Å². The van der Waals surface area contributed by atoms with Gasteiger partial charge in [0.15, 0.2) is 0 Å². The summed E-state index contributed by atoms with van der Waals surface area (Å²) >= 11 is 0.